The van der Waals surface area contributed by atoms with E-state index in [0.717, 1.165) is 11.1 Å². The van der Waals surface area contributed by atoms with Crippen LogP contribution in [0.1, 0.15) is 42.2 Å². The molecular weight excluding hydrogens is 437 g/mol. The Morgan fingerprint density at radius 3 is 2.52 bits per heavy atom. The van der Waals surface area contributed by atoms with Crippen LogP contribution in [0.3, 0.4) is 0 Å². The molecule has 3 rings (SSSR count). The fourth-order valence-corrected chi connectivity index (χ4v) is 3.47. The highest BCUT2D eigenvalue weighted by molar-refractivity contribution is 6.32. The molecule has 8 heteroatoms. The summed E-state index contributed by atoms with van der Waals surface area (Å²) >= 11 is 12.1. The minimum Gasteiger partial charge on any atom is -0.489 e. The predicted octanol–water partition coefficient (Wildman–Crippen LogP) is 5.18. The van der Waals surface area contributed by atoms with Crippen molar-refractivity contribution in [2.45, 2.75) is 32.4 Å². The van der Waals surface area contributed by atoms with Gasteiger partial charge in [-0.2, -0.15) is 5.26 Å². The molecular formula is C23H23Cl2N3O3. The van der Waals surface area contributed by atoms with E-state index in [9.17, 15) is 5.26 Å². The van der Waals surface area contributed by atoms with E-state index >= 15 is 0 Å². The van der Waals surface area contributed by atoms with Gasteiger partial charge in [-0.15, -0.1) is 11.6 Å². The largest absolute Gasteiger partial charge is 0.489 e. The molecule has 1 aromatic heterocycles. The number of nitrogens with zero attached hydrogens (tertiary/aromatic N) is 2. The summed E-state index contributed by atoms with van der Waals surface area (Å²) in [4.78, 5) is 4.05. The molecule has 0 unspecified atom stereocenters. The standard InChI is InChI=1S/C23H23Cl2N3O3/c1-23(2,17-9-15(11-26)22(20(25)10-17)29-8-7-24)16-3-5-18(6-4-16)30-14-19-13-28-21(12-27)31-19/h3-6,9-10,13H,7-8,12,14,27H2,1-2H3. The van der Waals surface area contributed by atoms with E-state index in [1.807, 2.05) is 30.3 Å². The van der Waals surface area contributed by atoms with E-state index in [-0.39, 0.29) is 19.8 Å². The van der Waals surface area contributed by atoms with Crippen LogP contribution in [0.5, 0.6) is 11.5 Å². The fraction of sp³-hybridized carbons (Fsp3) is 0.304. The number of halogens is 2. The van der Waals surface area contributed by atoms with Crippen molar-refractivity contribution < 1.29 is 13.9 Å². The number of ether oxygens (including phenoxy) is 2. The molecule has 0 bridgehead atoms. The van der Waals surface area contributed by atoms with Crippen LogP contribution in [0.25, 0.3) is 0 Å². The van der Waals surface area contributed by atoms with E-state index in [2.05, 4.69) is 24.9 Å². The minimum atomic E-state index is -0.403. The van der Waals surface area contributed by atoms with Crippen molar-refractivity contribution in [2.75, 3.05) is 12.5 Å². The average molecular weight is 460 g/mol. The van der Waals surface area contributed by atoms with Crippen molar-refractivity contribution >= 4 is 23.2 Å². The maximum absolute atomic E-state index is 9.55. The van der Waals surface area contributed by atoms with Crippen molar-refractivity contribution in [2.24, 2.45) is 5.73 Å². The number of hydrogen-bond donors (Lipinski definition) is 1. The molecule has 0 fully saturated rings. The fourth-order valence-electron chi connectivity index (χ4n) is 3.12. The summed E-state index contributed by atoms with van der Waals surface area (Å²) in [5, 5.41) is 9.94. The highest BCUT2D eigenvalue weighted by Gasteiger charge is 2.26. The van der Waals surface area contributed by atoms with Crippen molar-refractivity contribution in [3.63, 3.8) is 0 Å². The molecule has 162 valence electrons. The quantitative estimate of drug-likeness (QED) is 0.442. The smallest absolute Gasteiger partial charge is 0.208 e. The van der Waals surface area contributed by atoms with Gasteiger partial charge in [0.1, 0.15) is 25.0 Å². The Balaban J connectivity index is 1.78. The van der Waals surface area contributed by atoms with Crippen LogP contribution >= 0.6 is 23.2 Å². The highest BCUT2D eigenvalue weighted by Crippen LogP contribution is 2.38. The van der Waals surface area contributed by atoms with E-state index in [1.165, 1.54) is 0 Å². The van der Waals surface area contributed by atoms with Crippen molar-refractivity contribution in [3.05, 3.63) is 76.0 Å². The van der Waals surface area contributed by atoms with Gasteiger partial charge >= 0.3 is 0 Å². The van der Waals surface area contributed by atoms with Gasteiger partial charge in [0.25, 0.3) is 0 Å². The van der Waals surface area contributed by atoms with Gasteiger partial charge < -0.3 is 19.6 Å². The molecule has 0 aliphatic heterocycles. The molecule has 6 nitrogen and oxygen atoms in total. The number of aromatic nitrogens is 1. The minimum absolute atomic E-state index is 0.251. The molecule has 0 amide bonds. The number of rotatable bonds is 9. The number of nitrogens with two attached hydrogens (primary N) is 1. The second kappa shape index (κ2) is 10.1. The van der Waals surface area contributed by atoms with E-state index in [4.69, 9.17) is 42.8 Å². The van der Waals surface area contributed by atoms with Crippen molar-refractivity contribution in [1.29, 1.82) is 5.26 Å². The highest BCUT2D eigenvalue weighted by atomic mass is 35.5. The van der Waals surface area contributed by atoms with Crippen LogP contribution in [0.15, 0.2) is 47.0 Å². The molecule has 1 heterocycles. The molecule has 0 saturated carbocycles. The molecule has 0 radical (unpaired) electrons. The second-order valence-electron chi connectivity index (χ2n) is 7.35. The topological polar surface area (TPSA) is 94.3 Å². The van der Waals surface area contributed by atoms with E-state index in [0.29, 0.717) is 39.6 Å². The summed E-state index contributed by atoms with van der Waals surface area (Å²) in [6.07, 6.45) is 1.61. The number of nitriles is 1. The lowest BCUT2D eigenvalue weighted by atomic mass is 9.77. The van der Waals surface area contributed by atoms with Gasteiger partial charge in [0.15, 0.2) is 11.5 Å². The van der Waals surface area contributed by atoms with E-state index in [1.54, 1.807) is 12.3 Å². The molecule has 0 saturated heterocycles. The maximum atomic E-state index is 9.55. The van der Waals surface area contributed by atoms with Gasteiger partial charge in [-0.3, -0.25) is 0 Å². The first-order chi connectivity index (χ1) is 14.9. The zero-order valence-corrected chi connectivity index (χ0v) is 18.8. The van der Waals surface area contributed by atoms with Crippen LogP contribution in [0, 0.1) is 11.3 Å². The normalized spacial score (nSPS) is 11.2. The van der Waals surface area contributed by atoms with Crippen molar-refractivity contribution in [3.8, 4) is 17.6 Å². The van der Waals surface area contributed by atoms with Crippen molar-refractivity contribution in [1.82, 2.24) is 4.98 Å². The summed E-state index contributed by atoms with van der Waals surface area (Å²) < 4.78 is 16.8. The van der Waals surface area contributed by atoms with Crippen LogP contribution in [0.4, 0.5) is 0 Å². The predicted molar refractivity (Wildman–Crippen MR) is 120 cm³/mol. The number of benzene rings is 2. The molecule has 2 N–H and O–H groups in total. The summed E-state index contributed by atoms with van der Waals surface area (Å²) in [6, 6.07) is 13.5. The number of hydrogen-bond acceptors (Lipinski definition) is 6. The number of alkyl halides is 1. The Hall–Kier alpha value is -2.72. The third kappa shape index (κ3) is 5.31. The Labute approximate surface area is 191 Å². The summed E-state index contributed by atoms with van der Waals surface area (Å²) in [7, 11) is 0. The zero-order valence-electron chi connectivity index (χ0n) is 17.3. The van der Waals surface area contributed by atoms with Gasteiger partial charge in [0.05, 0.1) is 29.2 Å². The number of oxazole rings is 1. The Kier molecular flexibility index (Phi) is 7.45. The van der Waals surface area contributed by atoms with E-state index < -0.39 is 5.41 Å². The monoisotopic (exact) mass is 459 g/mol. The molecule has 0 spiro atoms. The summed E-state index contributed by atoms with van der Waals surface area (Å²) in [5.41, 5.74) is 7.41. The molecule has 0 aliphatic carbocycles. The van der Waals surface area contributed by atoms with Crippen LogP contribution in [-0.4, -0.2) is 17.5 Å². The van der Waals surface area contributed by atoms with Gasteiger partial charge in [0, 0.05) is 5.41 Å². The van der Waals surface area contributed by atoms with Gasteiger partial charge in [-0.1, -0.05) is 37.6 Å². The third-order valence-corrected chi connectivity index (χ3v) is 5.38. The SMILES string of the molecule is CC(C)(c1ccc(OCc2cnc(CN)o2)cc1)c1cc(Cl)c(OCCCl)c(C#N)c1. The van der Waals surface area contributed by atoms with Crippen LogP contribution in [0.2, 0.25) is 5.02 Å². The third-order valence-electron chi connectivity index (χ3n) is 4.94. The molecule has 2 aromatic carbocycles. The van der Waals surface area contributed by atoms with Gasteiger partial charge in [-0.05, 0) is 35.4 Å². The Morgan fingerprint density at radius 2 is 1.90 bits per heavy atom. The van der Waals surface area contributed by atoms with Crippen LogP contribution in [-0.2, 0) is 18.6 Å². The average Bonchev–Trinajstić information content (AvgIpc) is 3.24. The molecule has 31 heavy (non-hydrogen) atoms. The second-order valence-corrected chi connectivity index (χ2v) is 8.13. The summed E-state index contributed by atoms with van der Waals surface area (Å²) in [6.45, 7) is 4.93. The van der Waals surface area contributed by atoms with Crippen LogP contribution < -0.4 is 15.2 Å². The summed E-state index contributed by atoms with van der Waals surface area (Å²) in [5.74, 6) is 2.46. The Morgan fingerprint density at radius 1 is 1.16 bits per heavy atom. The molecule has 0 atom stereocenters. The molecule has 3 aromatic rings. The van der Waals surface area contributed by atoms with Gasteiger partial charge in [0.2, 0.25) is 5.89 Å². The Bertz CT molecular complexity index is 1070. The first-order valence-electron chi connectivity index (χ1n) is 9.69. The first-order valence-corrected chi connectivity index (χ1v) is 10.6. The first kappa shape index (κ1) is 23.0. The zero-order chi connectivity index (χ0) is 22.4. The maximum Gasteiger partial charge on any atom is 0.208 e. The lowest BCUT2D eigenvalue weighted by Gasteiger charge is -2.27. The lowest BCUT2D eigenvalue weighted by molar-refractivity contribution is 0.265. The lowest BCUT2D eigenvalue weighted by Crippen LogP contribution is -2.19. The molecule has 0 aliphatic rings. The van der Waals surface area contributed by atoms with Gasteiger partial charge in [-0.25, -0.2) is 4.98 Å².